The molecular formula is C26H23FN6O. The number of anilines is 1. The van der Waals surface area contributed by atoms with E-state index >= 15 is 0 Å². The van der Waals surface area contributed by atoms with Gasteiger partial charge < -0.3 is 5.32 Å². The average molecular weight is 455 g/mol. The molecule has 34 heavy (non-hydrogen) atoms. The molecule has 1 amide bonds. The number of fused-ring (bicyclic) bond motifs is 1. The van der Waals surface area contributed by atoms with Crippen LogP contribution in [0.1, 0.15) is 32.9 Å². The van der Waals surface area contributed by atoms with Crippen LogP contribution in [-0.4, -0.2) is 30.3 Å². The Morgan fingerprint density at radius 1 is 1.00 bits per heavy atom. The van der Waals surface area contributed by atoms with E-state index in [4.69, 9.17) is 0 Å². The number of rotatable bonds is 5. The number of nitrogens with zero attached hydrogens (tertiary/aromatic N) is 5. The monoisotopic (exact) mass is 454 g/mol. The number of hydrogen-bond acceptors (Lipinski definition) is 4. The van der Waals surface area contributed by atoms with E-state index in [0.717, 1.165) is 22.5 Å². The molecule has 0 aliphatic rings. The van der Waals surface area contributed by atoms with Crippen LogP contribution in [0.25, 0.3) is 16.9 Å². The smallest absolute Gasteiger partial charge is 0.261 e. The van der Waals surface area contributed by atoms with E-state index in [1.165, 1.54) is 23.9 Å². The van der Waals surface area contributed by atoms with Crippen LogP contribution in [0.4, 0.5) is 10.1 Å². The van der Waals surface area contributed by atoms with E-state index < -0.39 is 0 Å². The van der Waals surface area contributed by atoms with E-state index in [2.05, 4.69) is 20.5 Å². The minimum Gasteiger partial charge on any atom is -0.319 e. The third-order valence-electron chi connectivity index (χ3n) is 5.86. The van der Waals surface area contributed by atoms with Gasteiger partial charge in [0.15, 0.2) is 5.65 Å². The number of carbonyl (C=O) groups excluding carboxylic acids is 1. The number of carbonyl (C=O) groups is 1. The van der Waals surface area contributed by atoms with Gasteiger partial charge in [-0.3, -0.25) is 9.48 Å². The zero-order valence-electron chi connectivity index (χ0n) is 19.1. The van der Waals surface area contributed by atoms with E-state index in [0.29, 0.717) is 29.1 Å². The van der Waals surface area contributed by atoms with Crippen LogP contribution in [-0.2, 0) is 6.54 Å². The van der Waals surface area contributed by atoms with Crippen molar-refractivity contribution in [2.75, 3.05) is 5.32 Å². The van der Waals surface area contributed by atoms with Crippen LogP contribution in [0.2, 0.25) is 0 Å². The highest BCUT2D eigenvalue weighted by Crippen LogP contribution is 2.24. The average Bonchev–Trinajstić information content (AvgIpc) is 3.38. The quantitative estimate of drug-likeness (QED) is 0.407. The lowest BCUT2D eigenvalue weighted by Crippen LogP contribution is -2.13. The van der Waals surface area contributed by atoms with Gasteiger partial charge in [-0.25, -0.2) is 13.9 Å². The molecule has 3 aromatic heterocycles. The highest BCUT2D eigenvalue weighted by Gasteiger charge is 2.20. The first-order valence-electron chi connectivity index (χ1n) is 10.9. The van der Waals surface area contributed by atoms with Crippen LogP contribution >= 0.6 is 0 Å². The molecule has 5 aromatic rings. The molecule has 0 unspecified atom stereocenters. The normalized spacial score (nSPS) is 11.2. The Hall–Kier alpha value is -4.33. The van der Waals surface area contributed by atoms with Crippen molar-refractivity contribution in [3.05, 3.63) is 101 Å². The van der Waals surface area contributed by atoms with Crippen molar-refractivity contribution >= 4 is 17.2 Å². The lowest BCUT2D eigenvalue weighted by molar-refractivity contribution is 0.102. The third kappa shape index (κ3) is 3.94. The maximum absolute atomic E-state index is 13.2. The SMILES string of the molecule is Cc1ccc(-c2ccnc3c(C(=O)Nc4c(C)nn(Cc5ccc(F)cc5)c4C)cnn23)cc1. The Bertz CT molecular complexity index is 1500. The van der Waals surface area contributed by atoms with Gasteiger partial charge in [0.2, 0.25) is 0 Å². The van der Waals surface area contributed by atoms with E-state index in [-0.39, 0.29) is 11.7 Å². The molecule has 3 heterocycles. The topological polar surface area (TPSA) is 77.1 Å². The van der Waals surface area contributed by atoms with Gasteiger partial charge in [-0.1, -0.05) is 42.0 Å². The molecule has 0 atom stereocenters. The molecule has 0 aliphatic heterocycles. The summed E-state index contributed by atoms with van der Waals surface area (Å²) in [6.07, 6.45) is 3.21. The highest BCUT2D eigenvalue weighted by molar-refractivity contribution is 6.08. The molecule has 0 aliphatic carbocycles. The fourth-order valence-corrected chi connectivity index (χ4v) is 3.97. The second-order valence-corrected chi connectivity index (χ2v) is 8.27. The summed E-state index contributed by atoms with van der Waals surface area (Å²) >= 11 is 0. The lowest BCUT2D eigenvalue weighted by Gasteiger charge is -2.08. The van der Waals surface area contributed by atoms with Crippen molar-refractivity contribution in [2.24, 2.45) is 0 Å². The Kier molecular flexibility index (Phi) is 5.41. The zero-order chi connectivity index (χ0) is 23.8. The van der Waals surface area contributed by atoms with E-state index in [9.17, 15) is 9.18 Å². The molecule has 170 valence electrons. The molecule has 0 bridgehead atoms. The maximum atomic E-state index is 13.2. The summed E-state index contributed by atoms with van der Waals surface area (Å²) in [5, 5.41) is 12.0. The van der Waals surface area contributed by atoms with Crippen molar-refractivity contribution in [2.45, 2.75) is 27.3 Å². The predicted molar refractivity (Wildman–Crippen MR) is 128 cm³/mol. The highest BCUT2D eigenvalue weighted by atomic mass is 19.1. The van der Waals surface area contributed by atoms with Crippen LogP contribution in [0.3, 0.4) is 0 Å². The van der Waals surface area contributed by atoms with E-state index in [1.54, 1.807) is 27.5 Å². The Morgan fingerprint density at radius 2 is 1.74 bits per heavy atom. The molecule has 0 saturated carbocycles. The molecule has 0 fully saturated rings. The first-order chi connectivity index (χ1) is 16.4. The Labute approximate surface area is 195 Å². The maximum Gasteiger partial charge on any atom is 0.261 e. The van der Waals surface area contributed by atoms with Crippen LogP contribution in [0, 0.1) is 26.6 Å². The summed E-state index contributed by atoms with van der Waals surface area (Å²) in [5.74, 6) is -0.589. The molecule has 7 nitrogen and oxygen atoms in total. The fraction of sp³-hybridized carbons (Fsp3) is 0.154. The zero-order valence-corrected chi connectivity index (χ0v) is 19.1. The number of halogens is 1. The van der Waals surface area contributed by atoms with Gasteiger partial charge in [-0.2, -0.15) is 10.2 Å². The predicted octanol–water partition coefficient (Wildman–Crippen LogP) is 4.96. The number of benzene rings is 2. The summed E-state index contributed by atoms with van der Waals surface area (Å²) < 4.78 is 16.7. The van der Waals surface area contributed by atoms with Gasteiger partial charge in [0.05, 0.1) is 35.5 Å². The van der Waals surface area contributed by atoms with Gasteiger partial charge in [0, 0.05) is 11.8 Å². The molecule has 0 spiro atoms. The second kappa shape index (κ2) is 8.55. The molecular weight excluding hydrogens is 431 g/mol. The van der Waals surface area contributed by atoms with Crippen LogP contribution < -0.4 is 5.32 Å². The first-order valence-corrected chi connectivity index (χ1v) is 10.9. The fourth-order valence-electron chi connectivity index (χ4n) is 3.97. The largest absolute Gasteiger partial charge is 0.319 e. The Morgan fingerprint density at radius 3 is 2.47 bits per heavy atom. The van der Waals surface area contributed by atoms with Gasteiger partial charge in [0.1, 0.15) is 11.4 Å². The number of aryl methyl sites for hydroxylation is 2. The minimum atomic E-state index is -0.309. The number of aromatic nitrogens is 5. The number of amides is 1. The molecule has 5 rings (SSSR count). The van der Waals surface area contributed by atoms with Gasteiger partial charge in [-0.15, -0.1) is 0 Å². The van der Waals surface area contributed by atoms with Crippen LogP contribution in [0.5, 0.6) is 0 Å². The summed E-state index contributed by atoms with van der Waals surface area (Å²) in [4.78, 5) is 17.6. The van der Waals surface area contributed by atoms with Crippen molar-refractivity contribution in [3.8, 4) is 11.3 Å². The van der Waals surface area contributed by atoms with Crippen molar-refractivity contribution in [1.29, 1.82) is 0 Å². The lowest BCUT2D eigenvalue weighted by atomic mass is 10.1. The van der Waals surface area contributed by atoms with E-state index in [1.807, 2.05) is 51.1 Å². The third-order valence-corrected chi connectivity index (χ3v) is 5.86. The standard InChI is InChI=1S/C26H23FN6O/c1-16-4-8-20(9-5-16)23-12-13-28-25-22(14-29-33(23)25)26(34)30-24-17(2)31-32(18(24)3)15-19-6-10-21(27)11-7-19/h4-14H,15H2,1-3H3,(H,30,34). The molecule has 1 N–H and O–H groups in total. The van der Waals surface area contributed by atoms with Crippen molar-refractivity contribution in [3.63, 3.8) is 0 Å². The summed E-state index contributed by atoms with van der Waals surface area (Å²) in [6, 6.07) is 16.3. The molecule has 0 radical (unpaired) electrons. The Balaban J connectivity index is 1.43. The van der Waals surface area contributed by atoms with Crippen molar-refractivity contribution < 1.29 is 9.18 Å². The van der Waals surface area contributed by atoms with Gasteiger partial charge in [0.25, 0.3) is 5.91 Å². The number of nitrogens with one attached hydrogen (secondary N) is 1. The van der Waals surface area contributed by atoms with Crippen LogP contribution in [0.15, 0.2) is 67.0 Å². The molecule has 0 saturated heterocycles. The van der Waals surface area contributed by atoms with Gasteiger partial charge in [-0.05, 0) is 44.5 Å². The number of hydrogen-bond donors (Lipinski definition) is 1. The summed E-state index contributed by atoms with van der Waals surface area (Å²) in [7, 11) is 0. The first kappa shape index (κ1) is 21.5. The van der Waals surface area contributed by atoms with Crippen molar-refractivity contribution in [1.82, 2.24) is 24.4 Å². The van der Waals surface area contributed by atoms with Gasteiger partial charge >= 0.3 is 0 Å². The molecule has 2 aromatic carbocycles. The summed E-state index contributed by atoms with van der Waals surface area (Å²) in [6.45, 7) is 6.24. The molecule has 8 heteroatoms. The summed E-state index contributed by atoms with van der Waals surface area (Å²) in [5.41, 5.74) is 6.91. The second-order valence-electron chi connectivity index (χ2n) is 8.27. The minimum absolute atomic E-state index is 0.280.